The van der Waals surface area contributed by atoms with Gasteiger partial charge in [0.15, 0.2) is 5.78 Å². The normalized spacial score (nSPS) is 10.4. The quantitative estimate of drug-likeness (QED) is 0.752. The Hall–Kier alpha value is -2.80. The maximum absolute atomic E-state index is 12.1. The summed E-state index contributed by atoms with van der Waals surface area (Å²) in [6.07, 6.45) is 3.06. The molecule has 3 aromatic rings. The van der Waals surface area contributed by atoms with Crippen LogP contribution in [0.15, 0.2) is 49.1 Å². The van der Waals surface area contributed by atoms with Crippen LogP contribution in [0.2, 0.25) is 0 Å². The predicted molar refractivity (Wildman–Crippen MR) is 83.6 cm³/mol. The Bertz CT molecular complexity index is 806. The molecule has 110 valence electrons. The molecule has 7 heteroatoms. The minimum absolute atomic E-state index is 0.0405. The van der Waals surface area contributed by atoms with E-state index < -0.39 is 0 Å². The molecule has 0 aliphatic heterocycles. The van der Waals surface area contributed by atoms with Crippen molar-refractivity contribution in [1.82, 2.24) is 14.8 Å². The van der Waals surface area contributed by atoms with Crippen LogP contribution in [0.25, 0.3) is 5.69 Å². The fourth-order valence-corrected chi connectivity index (χ4v) is 2.68. The van der Waals surface area contributed by atoms with Crippen LogP contribution in [-0.4, -0.2) is 26.5 Å². The summed E-state index contributed by atoms with van der Waals surface area (Å²) in [4.78, 5) is 28.3. The van der Waals surface area contributed by atoms with E-state index in [0.29, 0.717) is 15.4 Å². The smallest absolute Gasteiger partial charge is 0.265 e. The average Bonchev–Trinajstić information content (AvgIpc) is 3.20. The molecule has 2 heterocycles. The first kappa shape index (κ1) is 14.2. The molecule has 1 N–H and O–H groups in total. The lowest BCUT2D eigenvalue weighted by Crippen LogP contribution is -2.10. The van der Waals surface area contributed by atoms with Crippen LogP contribution in [0.1, 0.15) is 26.3 Å². The van der Waals surface area contributed by atoms with E-state index >= 15 is 0 Å². The van der Waals surface area contributed by atoms with Crippen molar-refractivity contribution in [3.05, 3.63) is 58.8 Å². The van der Waals surface area contributed by atoms with Gasteiger partial charge in [-0.2, -0.15) is 5.10 Å². The van der Waals surface area contributed by atoms with E-state index in [0.717, 1.165) is 5.69 Å². The first-order chi connectivity index (χ1) is 10.6. The van der Waals surface area contributed by atoms with Gasteiger partial charge in [-0.25, -0.2) is 9.67 Å². The molecule has 0 radical (unpaired) electrons. The Morgan fingerprint density at radius 2 is 1.82 bits per heavy atom. The number of hydrogen-bond acceptors (Lipinski definition) is 5. The van der Waals surface area contributed by atoms with Crippen LogP contribution in [0.3, 0.4) is 0 Å². The fraction of sp³-hybridized carbons (Fsp3) is 0.0667. The summed E-state index contributed by atoms with van der Waals surface area (Å²) in [5.74, 6) is -0.271. The predicted octanol–water partition coefficient (Wildman–Crippen LogP) is 2.78. The van der Waals surface area contributed by atoms with Crippen molar-refractivity contribution < 1.29 is 9.59 Å². The van der Waals surface area contributed by atoms with E-state index in [-0.39, 0.29) is 11.7 Å². The van der Waals surface area contributed by atoms with E-state index in [2.05, 4.69) is 15.4 Å². The van der Waals surface area contributed by atoms with E-state index in [4.69, 9.17) is 0 Å². The zero-order chi connectivity index (χ0) is 15.5. The van der Waals surface area contributed by atoms with Crippen molar-refractivity contribution >= 4 is 28.7 Å². The summed E-state index contributed by atoms with van der Waals surface area (Å²) in [6.45, 7) is 1.48. The largest absolute Gasteiger partial charge is 0.321 e. The second-order valence-electron chi connectivity index (χ2n) is 4.56. The SMILES string of the molecule is CC(=O)c1ccc(C(=O)Nc2ccc(-n3cncn3)cc2)s1. The van der Waals surface area contributed by atoms with Gasteiger partial charge in [0.05, 0.1) is 15.4 Å². The van der Waals surface area contributed by atoms with E-state index in [1.807, 2.05) is 12.1 Å². The minimum atomic E-state index is -0.231. The molecule has 22 heavy (non-hydrogen) atoms. The van der Waals surface area contributed by atoms with E-state index in [9.17, 15) is 9.59 Å². The van der Waals surface area contributed by atoms with Crippen molar-refractivity contribution in [2.24, 2.45) is 0 Å². The van der Waals surface area contributed by atoms with Gasteiger partial charge in [0, 0.05) is 5.69 Å². The highest BCUT2D eigenvalue weighted by Gasteiger charge is 2.11. The van der Waals surface area contributed by atoms with Gasteiger partial charge < -0.3 is 5.32 Å². The number of Topliss-reactive ketones (excluding diaryl/α,β-unsaturated/α-hetero) is 1. The van der Waals surface area contributed by atoms with E-state index in [1.54, 1.807) is 35.3 Å². The van der Waals surface area contributed by atoms with Gasteiger partial charge in [-0.3, -0.25) is 9.59 Å². The maximum atomic E-state index is 12.1. The number of ketones is 1. The number of benzene rings is 1. The molecule has 6 nitrogen and oxygen atoms in total. The van der Waals surface area contributed by atoms with Crippen LogP contribution in [0.5, 0.6) is 0 Å². The number of amides is 1. The summed E-state index contributed by atoms with van der Waals surface area (Å²) in [7, 11) is 0. The molecule has 0 spiro atoms. The lowest BCUT2D eigenvalue weighted by molar-refractivity contribution is 0.101. The molecule has 3 rings (SSSR count). The van der Waals surface area contributed by atoms with Gasteiger partial charge in [0.1, 0.15) is 12.7 Å². The number of thiophene rings is 1. The molecular formula is C15H12N4O2S. The number of anilines is 1. The number of aromatic nitrogens is 3. The monoisotopic (exact) mass is 312 g/mol. The lowest BCUT2D eigenvalue weighted by atomic mass is 10.2. The van der Waals surface area contributed by atoms with Crippen LogP contribution >= 0.6 is 11.3 Å². The van der Waals surface area contributed by atoms with Crippen molar-refractivity contribution in [3.63, 3.8) is 0 Å². The van der Waals surface area contributed by atoms with Crippen LogP contribution in [-0.2, 0) is 0 Å². The van der Waals surface area contributed by atoms with Crippen molar-refractivity contribution in [3.8, 4) is 5.69 Å². The summed E-state index contributed by atoms with van der Waals surface area (Å²) in [5, 5.41) is 6.83. The molecule has 0 bridgehead atoms. The molecule has 0 unspecified atom stereocenters. The third-order valence-electron chi connectivity index (χ3n) is 2.99. The van der Waals surface area contributed by atoms with Gasteiger partial charge in [0.2, 0.25) is 0 Å². The van der Waals surface area contributed by atoms with Crippen molar-refractivity contribution in [2.45, 2.75) is 6.92 Å². The molecule has 0 saturated heterocycles. The molecular weight excluding hydrogens is 300 g/mol. The van der Waals surface area contributed by atoms with Gasteiger partial charge >= 0.3 is 0 Å². The molecule has 0 atom stereocenters. The summed E-state index contributed by atoms with van der Waals surface area (Å²) in [5.41, 5.74) is 1.53. The number of nitrogens with one attached hydrogen (secondary N) is 1. The second kappa shape index (κ2) is 5.90. The summed E-state index contributed by atoms with van der Waals surface area (Å²) < 4.78 is 1.63. The molecule has 2 aromatic heterocycles. The topological polar surface area (TPSA) is 76.9 Å². The number of nitrogens with zero attached hydrogens (tertiary/aromatic N) is 3. The lowest BCUT2D eigenvalue weighted by Gasteiger charge is -2.05. The zero-order valence-corrected chi connectivity index (χ0v) is 12.5. The fourth-order valence-electron chi connectivity index (χ4n) is 1.88. The number of rotatable bonds is 4. The van der Waals surface area contributed by atoms with E-state index in [1.165, 1.54) is 24.6 Å². The third-order valence-corrected chi connectivity index (χ3v) is 4.17. The molecule has 1 amide bonds. The Balaban J connectivity index is 1.72. The molecule has 0 fully saturated rings. The van der Waals surface area contributed by atoms with Crippen LogP contribution < -0.4 is 5.32 Å². The highest BCUT2D eigenvalue weighted by Crippen LogP contribution is 2.19. The molecule has 1 aromatic carbocycles. The van der Waals surface area contributed by atoms with Crippen molar-refractivity contribution in [1.29, 1.82) is 0 Å². The third kappa shape index (κ3) is 2.94. The number of hydrogen-bond donors (Lipinski definition) is 1. The standard InChI is InChI=1S/C15H12N4O2S/c1-10(20)13-6-7-14(22-13)15(21)18-11-2-4-12(5-3-11)19-9-16-8-17-19/h2-9H,1H3,(H,18,21). The summed E-state index contributed by atoms with van der Waals surface area (Å²) in [6, 6.07) is 10.6. The molecule has 0 saturated carbocycles. The Kier molecular flexibility index (Phi) is 3.80. The van der Waals surface area contributed by atoms with Crippen LogP contribution in [0, 0.1) is 0 Å². The maximum Gasteiger partial charge on any atom is 0.265 e. The van der Waals surface area contributed by atoms with Crippen molar-refractivity contribution in [2.75, 3.05) is 5.32 Å². The molecule has 0 aliphatic rings. The molecule has 0 aliphatic carbocycles. The average molecular weight is 312 g/mol. The Labute approximate surface area is 130 Å². The zero-order valence-electron chi connectivity index (χ0n) is 11.7. The Morgan fingerprint density at radius 3 is 2.41 bits per heavy atom. The van der Waals surface area contributed by atoms with Crippen LogP contribution in [0.4, 0.5) is 5.69 Å². The van der Waals surface area contributed by atoms with Gasteiger partial charge in [-0.1, -0.05) is 0 Å². The highest BCUT2D eigenvalue weighted by molar-refractivity contribution is 7.16. The minimum Gasteiger partial charge on any atom is -0.321 e. The first-order valence-corrected chi connectivity index (χ1v) is 7.32. The second-order valence-corrected chi connectivity index (χ2v) is 5.64. The first-order valence-electron chi connectivity index (χ1n) is 6.50. The highest BCUT2D eigenvalue weighted by atomic mass is 32.1. The summed E-state index contributed by atoms with van der Waals surface area (Å²) >= 11 is 1.19. The van der Waals surface area contributed by atoms with Gasteiger partial charge in [-0.05, 0) is 43.3 Å². The van der Waals surface area contributed by atoms with Gasteiger partial charge in [0.25, 0.3) is 5.91 Å². The number of carbonyl (C=O) groups excluding carboxylic acids is 2. The Morgan fingerprint density at radius 1 is 1.09 bits per heavy atom. The number of carbonyl (C=O) groups is 2. The van der Waals surface area contributed by atoms with Gasteiger partial charge in [-0.15, -0.1) is 11.3 Å².